The van der Waals surface area contributed by atoms with Gasteiger partial charge in [0, 0.05) is 15.6 Å². The van der Waals surface area contributed by atoms with E-state index >= 15 is 0 Å². The Balaban J connectivity index is 4.36. The molecule has 0 N–H and O–H groups in total. The Morgan fingerprint density at radius 2 is 1.13 bits per heavy atom. The van der Waals surface area contributed by atoms with Crippen LogP contribution in [0, 0.1) is 0 Å². The van der Waals surface area contributed by atoms with Crippen LogP contribution in [0.5, 0.6) is 0 Å². The monoisotopic (exact) mass is 559 g/mol. The van der Waals surface area contributed by atoms with Crippen LogP contribution in [0.15, 0.2) is 24.3 Å². The second kappa shape index (κ2) is 30.3. The largest absolute Gasteiger partial charge is 0.462 e. The highest BCUT2D eigenvalue weighted by Crippen LogP contribution is 2.12. The molecular weight excluding hydrogens is 496 g/mol. The molecule has 1 atom stereocenters. The zero-order chi connectivity index (χ0) is 32.5. The lowest BCUT2D eigenvalue weighted by Crippen LogP contribution is -2.26. The number of carbonyl (C=O) groups is 2. The summed E-state index contributed by atoms with van der Waals surface area (Å²) in [6, 6.07) is 0. The first kappa shape index (κ1) is 28.2. The molecule has 0 aliphatic carbocycles. The van der Waals surface area contributed by atoms with Gasteiger partial charge in [0.2, 0.25) is 0 Å². The van der Waals surface area contributed by atoms with Crippen LogP contribution >= 0.6 is 11.6 Å². The van der Waals surface area contributed by atoms with Crippen LogP contribution in [-0.4, -0.2) is 30.4 Å². The van der Waals surface area contributed by atoms with Crippen molar-refractivity contribution in [3.63, 3.8) is 0 Å². The third-order valence-corrected chi connectivity index (χ3v) is 6.55. The molecule has 0 aromatic rings. The van der Waals surface area contributed by atoms with Crippen molar-refractivity contribution in [1.82, 2.24) is 0 Å². The predicted molar refractivity (Wildman–Crippen MR) is 163 cm³/mol. The van der Waals surface area contributed by atoms with Gasteiger partial charge in [-0.2, -0.15) is 0 Å². The Morgan fingerprint density at radius 3 is 1.68 bits per heavy atom. The van der Waals surface area contributed by atoms with E-state index in [9.17, 15) is 9.59 Å². The number of hydrogen-bond donors (Lipinski definition) is 0. The molecule has 38 heavy (non-hydrogen) atoms. The molecule has 222 valence electrons. The molecular formula is C33H59ClO4. The Morgan fingerprint density at radius 1 is 0.684 bits per heavy atom. The van der Waals surface area contributed by atoms with Gasteiger partial charge in [-0.25, -0.2) is 0 Å². The molecule has 1 unspecified atom stereocenters. The second-order valence-corrected chi connectivity index (χ2v) is 10.2. The highest BCUT2D eigenvalue weighted by molar-refractivity contribution is 6.18. The first-order valence-corrected chi connectivity index (χ1v) is 15.7. The summed E-state index contributed by atoms with van der Waals surface area (Å²) in [6.45, 7) is 1.11. The minimum Gasteiger partial charge on any atom is -0.462 e. The van der Waals surface area contributed by atoms with E-state index < -0.39 is 30.4 Å². The molecule has 0 bridgehead atoms. The second-order valence-electron chi connectivity index (χ2n) is 10.0. The maximum absolute atomic E-state index is 12.4. The number of unbranched alkanes of at least 4 members (excludes halogenated alkanes) is 16. The molecule has 0 radical (unpaired) electrons. The maximum Gasteiger partial charge on any atom is 0.306 e. The van der Waals surface area contributed by atoms with E-state index in [1.54, 1.807) is 0 Å². The van der Waals surface area contributed by atoms with Crippen molar-refractivity contribution in [2.75, 3.05) is 12.4 Å². The van der Waals surface area contributed by atoms with Gasteiger partial charge in [-0.15, -0.1) is 11.6 Å². The van der Waals surface area contributed by atoms with Crippen LogP contribution in [0.1, 0.15) is 162 Å². The molecule has 5 heteroatoms. The van der Waals surface area contributed by atoms with E-state index in [4.69, 9.17) is 27.9 Å². The van der Waals surface area contributed by atoms with E-state index in [-0.39, 0.29) is 12.8 Å². The molecule has 0 heterocycles. The van der Waals surface area contributed by atoms with Crippen LogP contribution < -0.4 is 0 Å². The summed E-state index contributed by atoms with van der Waals surface area (Å²) in [5.41, 5.74) is 0. The third kappa shape index (κ3) is 27.7. The smallest absolute Gasteiger partial charge is 0.306 e. The zero-order valence-corrected chi connectivity index (χ0v) is 25.1. The fourth-order valence-corrected chi connectivity index (χ4v) is 4.12. The Bertz CT molecular complexity index is 786. The van der Waals surface area contributed by atoms with E-state index in [1.165, 1.54) is 44.9 Å². The van der Waals surface area contributed by atoms with Gasteiger partial charge in [-0.1, -0.05) is 122 Å². The lowest BCUT2D eigenvalue weighted by Gasteiger charge is -2.15. The molecule has 0 aromatic heterocycles. The van der Waals surface area contributed by atoms with Gasteiger partial charge in [-0.3, -0.25) is 9.59 Å². The lowest BCUT2D eigenvalue weighted by molar-refractivity contribution is -0.157. The summed E-state index contributed by atoms with van der Waals surface area (Å²) in [7, 11) is 0. The van der Waals surface area contributed by atoms with Gasteiger partial charge in [0.15, 0.2) is 0 Å². The summed E-state index contributed by atoms with van der Waals surface area (Å²) in [6.07, 6.45) is 25.8. The van der Waals surface area contributed by atoms with Gasteiger partial charge in [0.05, 0.1) is 9.94 Å². The molecule has 0 aliphatic heterocycles. The molecule has 0 amide bonds. The topological polar surface area (TPSA) is 52.6 Å². The third-order valence-electron chi connectivity index (χ3n) is 6.38. The summed E-state index contributed by atoms with van der Waals surface area (Å²) in [5, 5.41) is 0. The van der Waals surface area contributed by atoms with Gasteiger partial charge in [0.25, 0.3) is 0 Å². The van der Waals surface area contributed by atoms with Crippen molar-refractivity contribution < 1.29 is 25.9 Å². The van der Waals surface area contributed by atoms with Gasteiger partial charge in [-0.05, 0) is 44.9 Å². The van der Waals surface area contributed by atoms with Crippen LogP contribution in [0.3, 0.4) is 0 Å². The fourth-order valence-electron chi connectivity index (χ4n) is 4.04. The van der Waals surface area contributed by atoms with Crippen LogP contribution in [-0.2, 0) is 19.1 Å². The quantitative estimate of drug-likeness (QED) is 0.0414. The minimum atomic E-state index is -3.28. The van der Waals surface area contributed by atoms with Gasteiger partial charge < -0.3 is 9.47 Å². The SMILES string of the molecule is [2H]C([2H])(Cl)C([2H])(OC(=O)CCCCCCC/C=C\C/C=C\CCCCC)C([2H])([2H])OC(=O)CCCCCCCCCCC. The zero-order valence-electron chi connectivity index (χ0n) is 29.4. The van der Waals surface area contributed by atoms with E-state index in [0.717, 1.165) is 70.6 Å². The molecule has 0 rings (SSSR count). The molecule has 0 aromatic carbocycles. The van der Waals surface area contributed by atoms with Crippen molar-refractivity contribution in [2.45, 2.75) is 161 Å². The summed E-state index contributed by atoms with van der Waals surface area (Å²) in [4.78, 5) is 24.7. The molecule has 0 saturated heterocycles. The van der Waals surface area contributed by atoms with Crippen LogP contribution in [0.2, 0.25) is 0 Å². The number of rotatable bonds is 28. The molecule has 0 saturated carbocycles. The highest BCUT2D eigenvalue weighted by atomic mass is 35.5. The van der Waals surface area contributed by atoms with Crippen molar-refractivity contribution in [3.05, 3.63) is 24.3 Å². The molecule has 0 spiro atoms. The number of carbonyl (C=O) groups excluding carboxylic acids is 2. The normalized spacial score (nSPS) is 15.9. The average molecular weight is 560 g/mol. The number of esters is 2. The number of hydrogen-bond acceptors (Lipinski definition) is 4. The Labute approximate surface area is 247 Å². The lowest BCUT2D eigenvalue weighted by atomic mass is 10.1. The van der Waals surface area contributed by atoms with E-state index in [0.29, 0.717) is 12.8 Å². The number of halogens is 1. The van der Waals surface area contributed by atoms with Crippen LogP contribution in [0.4, 0.5) is 0 Å². The van der Waals surface area contributed by atoms with E-state index in [1.807, 2.05) is 0 Å². The van der Waals surface area contributed by atoms with Crippen molar-refractivity contribution >= 4 is 23.5 Å². The van der Waals surface area contributed by atoms with Gasteiger partial charge in [0.1, 0.15) is 12.6 Å². The summed E-state index contributed by atoms with van der Waals surface area (Å²) < 4.78 is 49.8. The number of allylic oxidation sites excluding steroid dienone is 4. The highest BCUT2D eigenvalue weighted by Gasteiger charge is 2.16. The Kier molecular flexibility index (Phi) is 22.5. The average Bonchev–Trinajstić information content (AvgIpc) is 2.93. The minimum absolute atomic E-state index is 0.0728. The van der Waals surface area contributed by atoms with Crippen LogP contribution in [0.25, 0.3) is 0 Å². The maximum atomic E-state index is 12.4. The van der Waals surface area contributed by atoms with Crippen molar-refractivity contribution in [3.8, 4) is 0 Å². The standard InChI is InChI=1S/C33H59ClO4/c1-3-5-7-9-11-13-14-15-16-17-18-20-22-24-26-28-33(36)38-31(29-34)30-37-32(35)27-25-23-21-19-12-10-8-6-4-2/h11,13,15-16,31H,3-10,12,14,17-30H2,1-2H3/b13-11-,16-15-/i29D2,30D2,31D. The fraction of sp³-hybridized carbons (Fsp3) is 0.818. The number of ether oxygens (including phenoxy) is 2. The Hall–Kier alpha value is -1.29. The van der Waals surface area contributed by atoms with E-state index in [2.05, 4.69) is 38.2 Å². The molecule has 0 fully saturated rings. The van der Waals surface area contributed by atoms with Gasteiger partial charge >= 0.3 is 11.9 Å². The van der Waals surface area contributed by atoms with Crippen molar-refractivity contribution in [2.24, 2.45) is 0 Å². The summed E-state index contributed by atoms with van der Waals surface area (Å²) in [5.74, 6) is -5.01. The van der Waals surface area contributed by atoms with Crippen molar-refractivity contribution in [1.29, 1.82) is 0 Å². The summed E-state index contributed by atoms with van der Waals surface area (Å²) >= 11 is 5.69. The predicted octanol–water partition coefficient (Wildman–Crippen LogP) is 10.4. The molecule has 4 nitrogen and oxygen atoms in total. The first-order chi connectivity index (χ1) is 20.4. The first-order valence-electron chi connectivity index (χ1n) is 17.8. The molecule has 0 aliphatic rings. The number of alkyl halides is 1.